The minimum absolute atomic E-state index is 0.639. The van der Waals surface area contributed by atoms with Crippen molar-refractivity contribution in [2.45, 2.75) is 0 Å². The van der Waals surface area contributed by atoms with Crippen LogP contribution in [0.1, 0.15) is 0 Å². The second-order valence-electron chi connectivity index (χ2n) is 16.2. The molecule has 4 heteroatoms. The number of rotatable bonds is 7. The van der Waals surface area contributed by atoms with Crippen LogP contribution in [0.15, 0.2) is 218 Å². The summed E-state index contributed by atoms with van der Waals surface area (Å²) in [5.41, 5.74) is 17.9. The Bertz CT molecular complexity index is 3540. The fourth-order valence-electron chi connectivity index (χ4n) is 9.29. The van der Waals surface area contributed by atoms with E-state index < -0.39 is 0 Å². The molecule has 0 saturated heterocycles. The zero-order valence-corrected chi connectivity index (χ0v) is 34.6. The van der Waals surface area contributed by atoms with Crippen LogP contribution >= 0.6 is 0 Å². The van der Waals surface area contributed by atoms with E-state index in [-0.39, 0.29) is 0 Å². The van der Waals surface area contributed by atoms with Gasteiger partial charge in [-0.25, -0.2) is 19.8 Å². The molecule has 1 heterocycles. The van der Waals surface area contributed by atoms with Gasteiger partial charge in [-0.1, -0.05) is 206 Å². The second kappa shape index (κ2) is 15.3. The van der Waals surface area contributed by atoms with Crippen LogP contribution < -0.4 is 0 Å². The highest BCUT2D eigenvalue weighted by molar-refractivity contribution is 6.22. The maximum absolute atomic E-state index is 7.33. The molecule has 0 fully saturated rings. The van der Waals surface area contributed by atoms with Gasteiger partial charge in [0.05, 0.1) is 6.57 Å². The molecule has 0 bridgehead atoms. The van der Waals surface area contributed by atoms with Crippen molar-refractivity contribution in [1.29, 1.82) is 0 Å². The van der Waals surface area contributed by atoms with Gasteiger partial charge in [0.1, 0.15) is 0 Å². The van der Waals surface area contributed by atoms with Crippen LogP contribution in [0, 0.1) is 6.57 Å². The van der Waals surface area contributed by atoms with Crippen LogP contribution in [0.5, 0.6) is 0 Å². The van der Waals surface area contributed by atoms with Gasteiger partial charge in [0.2, 0.25) is 0 Å². The first kappa shape index (κ1) is 37.0. The van der Waals surface area contributed by atoms with E-state index in [0.29, 0.717) is 23.2 Å². The Balaban J connectivity index is 0.912. The Hall–Kier alpha value is -8.78. The van der Waals surface area contributed by atoms with Crippen molar-refractivity contribution in [2.75, 3.05) is 0 Å². The summed E-state index contributed by atoms with van der Waals surface area (Å²) in [4.78, 5) is 18.3. The smallest absolute Gasteiger partial charge is 0.187 e. The van der Waals surface area contributed by atoms with Gasteiger partial charge in [-0.15, -0.1) is 0 Å². The maximum atomic E-state index is 7.33. The molecule has 1 aliphatic carbocycles. The van der Waals surface area contributed by atoms with Gasteiger partial charge in [-0.3, -0.25) is 0 Å². The van der Waals surface area contributed by atoms with Gasteiger partial charge in [-0.2, -0.15) is 0 Å². The van der Waals surface area contributed by atoms with Crippen molar-refractivity contribution >= 4 is 27.2 Å². The van der Waals surface area contributed by atoms with Gasteiger partial charge < -0.3 is 0 Å². The van der Waals surface area contributed by atoms with E-state index in [0.717, 1.165) is 38.9 Å². The Morgan fingerprint density at radius 1 is 0.266 bits per heavy atom. The first-order valence-corrected chi connectivity index (χ1v) is 21.4. The van der Waals surface area contributed by atoms with Gasteiger partial charge in [0, 0.05) is 16.7 Å². The molecule has 0 amide bonds. The summed E-state index contributed by atoms with van der Waals surface area (Å²) in [5, 5.41) is 4.94. The summed E-state index contributed by atoms with van der Waals surface area (Å²) in [6.07, 6.45) is 0. The highest BCUT2D eigenvalue weighted by Crippen LogP contribution is 2.52. The zero-order chi connectivity index (χ0) is 42.6. The van der Waals surface area contributed by atoms with Crippen LogP contribution in [0.25, 0.3) is 127 Å². The molecule has 10 aromatic carbocycles. The van der Waals surface area contributed by atoms with Crippen LogP contribution in [-0.2, 0) is 0 Å². The van der Waals surface area contributed by atoms with E-state index in [1.807, 2.05) is 84.9 Å². The third-order valence-corrected chi connectivity index (χ3v) is 12.5. The number of aromatic nitrogens is 3. The largest absolute Gasteiger partial charge is 0.238 e. The molecular weight excluding hydrogens is 777 g/mol. The molecule has 4 nitrogen and oxygen atoms in total. The van der Waals surface area contributed by atoms with Crippen molar-refractivity contribution in [3.05, 3.63) is 230 Å². The molecule has 64 heavy (non-hydrogen) atoms. The Kier molecular flexibility index (Phi) is 8.84. The van der Waals surface area contributed by atoms with Crippen LogP contribution in [0.2, 0.25) is 0 Å². The van der Waals surface area contributed by atoms with Crippen molar-refractivity contribution in [3.63, 3.8) is 0 Å². The van der Waals surface area contributed by atoms with Gasteiger partial charge in [0.15, 0.2) is 23.2 Å². The number of fused-ring (bicyclic) bond motifs is 4. The van der Waals surface area contributed by atoms with Crippen LogP contribution in [0.3, 0.4) is 0 Å². The molecule has 0 unspecified atom stereocenters. The molecular formula is C60H36N4. The average Bonchev–Trinajstić information content (AvgIpc) is 3.71. The number of benzene rings is 10. The Morgan fingerprint density at radius 3 is 1.16 bits per heavy atom. The summed E-state index contributed by atoms with van der Waals surface area (Å²) in [5.74, 6) is 1.94. The molecule has 0 aliphatic heterocycles. The summed E-state index contributed by atoms with van der Waals surface area (Å²) >= 11 is 0. The normalized spacial score (nSPS) is 11.4. The molecule has 1 aliphatic rings. The van der Waals surface area contributed by atoms with E-state index in [9.17, 15) is 0 Å². The minimum Gasteiger partial charge on any atom is -0.238 e. The first-order chi connectivity index (χ1) is 31.6. The fraction of sp³-hybridized carbons (Fsp3) is 0. The van der Waals surface area contributed by atoms with E-state index in [4.69, 9.17) is 21.5 Å². The summed E-state index contributed by atoms with van der Waals surface area (Å²) < 4.78 is 0. The fourth-order valence-corrected chi connectivity index (χ4v) is 9.29. The lowest BCUT2D eigenvalue weighted by Gasteiger charge is -2.16. The molecule has 1 aromatic heterocycles. The lowest BCUT2D eigenvalue weighted by atomic mass is 9.87. The monoisotopic (exact) mass is 812 g/mol. The molecule has 0 spiro atoms. The summed E-state index contributed by atoms with van der Waals surface area (Å²) in [6.45, 7) is 7.33. The summed E-state index contributed by atoms with van der Waals surface area (Å²) in [6, 6.07) is 77.0. The molecule has 11 aromatic rings. The standard InChI is InChI=1S/C60H36N4/c1-61-49-30-28-40(29-31-49)45-24-25-47-37-48(27-26-46(47)36-45)51-33-35-55-53-15-9-8-14-52(53)54-34-32-50(56(51)57(54)55)41-20-16-38(17-21-41)39-18-22-44(23-19-39)60-63-58(42-10-4-2-5-11-42)62-59(64-60)43-12-6-3-7-13-43/h2-37H. The van der Waals surface area contributed by atoms with Gasteiger partial charge in [-0.05, 0) is 100 Å². The summed E-state index contributed by atoms with van der Waals surface area (Å²) in [7, 11) is 0. The van der Waals surface area contributed by atoms with E-state index in [1.54, 1.807) is 0 Å². The number of nitrogens with zero attached hydrogens (tertiary/aromatic N) is 4. The zero-order valence-electron chi connectivity index (χ0n) is 34.6. The number of hydrogen-bond acceptors (Lipinski definition) is 3. The van der Waals surface area contributed by atoms with Crippen molar-refractivity contribution in [2.24, 2.45) is 0 Å². The van der Waals surface area contributed by atoms with Crippen molar-refractivity contribution < 1.29 is 0 Å². The Morgan fingerprint density at radius 2 is 0.625 bits per heavy atom. The predicted octanol–water partition coefficient (Wildman–Crippen LogP) is 16.0. The van der Waals surface area contributed by atoms with E-state index in [1.165, 1.54) is 66.1 Å². The molecule has 0 atom stereocenters. The van der Waals surface area contributed by atoms with Gasteiger partial charge in [0.25, 0.3) is 0 Å². The molecule has 0 saturated carbocycles. The minimum atomic E-state index is 0.639. The quantitative estimate of drug-likeness (QED) is 0.151. The molecule has 0 radical (unpaired) electrons. The molecule has 0 N–H and O–H groups in total. The van der Waals surface area contributed by atoms with E-state index in [2.05, 4.69) is 138 Å². The third-order valence-electron chi connectivity index (χ3n) is 12.5. The SMILES string of the molecule is [C-]#[N+]c1ccc(-c2ccc3cc(-c4ccc5c6c(ccc(-c7ccc(-c8ccc(-c9nc(-c%10ccccc%10)nc(-c%10ccccc%10)n9)cc8)cc7)c46)-c4ccccc4-5)ccc3c2)cc1. The predicted molar refractivity (Wildman–Crippen MR) is 264 cm³/mol. The van der Waals surface area contributed by atoms with Gasteiger partial charge >= 0.3 is 0 Å². The topological polar surface area (TPSA) is 43.0 Å². The Labute approximate surface area is 371 Å². The third kappa shape index (κ3) is 6.43. The number of hydrogen-bond donors (Lipinski definition) is 0. The maximum Gasteiger partial charge on any atom is 0.187 e. The highest BCUT2D eigenvalue weighted by atomic mass is 15.0. The van der Waals surface area contributed by atoms with Crippen molar-refractivity contribution in [3.8, 4) is 101 Å². The van der Waals surface area contributed by atoms with E-state index >= 15 is 0 Å². The highest BCUT2D eigenvalue weighted by Gasteiger charge is 2.25. The molecule has 12 rings (SSSR count). The lowest BCUT2D eigenvalue weighted by Crippen LogP contribution is -2.00. The lowest BCUT2D eigenvalue weighted by molar-refractivity contribution is 1.07. The first-order valence-electron chi connectivity index (χ1n) is 21.4. The molecule has 296 valence electrons. The van der Waals surface area contributed by atoms with Crippen LogP contribution in [0.4, 0.5) is 5.69 Å². The second-order valence-corrected chi connectivity index (χ2v) is 16.2. The average molecular weight is 813 g/mol. The van der Waals surface area contributed by atoms with Crippen molar-refractivity contribution in [1.82, 2.24) is 15.0 Å². The van der Waals surface area contributed by atoms with Crippen LogP contribution in [-0.4, -0.2) is 15.0 Å².